The van der Waals surface area contributed by atoms with E-state index in [-0.39, 0.29) is 0 Å². The molecular formula is C13H8NS. The minimum atomic E-state index is 1.19. The molecule has 0 N–H and O–H groups in total. The Morgan fingerprint density at radius 3 is 2.80 bits per heavy atom. The van der Waals surface area contributed by atoms with Gasteiger partial charge in [-0.05, 0) is 28.6 Å². The topological polar surface area (TPSA) is 12.9 Å². The summed E-state index contributed by atoms with van der Waals surface area (Å²) in [6.07, 6.45) is 3.65. The van der Waals surface area contributed by atoms with Crippen LogP contribution >= 0.6 is 11.3 Å². The first-order valence-corrected chi connectivity index (χ1v) is 5.61. The molecule has 0 spiro atoms. The first-order valence-electron chi connectivity index (χ1n) is 4.73. The molecule has 2 heterocycles. The predicted molar refractivity (Wildman–Crippen MR) is 63.9 cm³/mol. The minimum Gasteiger partial charge on any atom is -0.265 e. The summed E-state index contributed by atoms with van der Waals surface area (Å²) in [5, 5.41) is 3.20. The molecule has 1 aromatic carbocycles. The summed E-state index contributed by atoms with van der Waals surface area (Å²) < 4.78 is 1.30. The van der Waals surface area contributed by atoms with Crippen LogP contribution in [-0.2, 0) is 0 Å². The maximum absolute atomic E-state index is 4.03. The van der Waals surface area contributed by atoms with Crippen molar-refractivity contribution < 1.29 is 0 Å². The third-order valence-corrected chi connectivity index (χ3v) is 3.31. The predicted octanol–water partition coefficient (Wildman–Crippen LogP) is 3.76. The van der Waals surface area contributed by atoms with Gasteiger partial charge >= 0.3 is 0 Å². The van der Waals surface area contributed by atoms with Crippen LogP contribution in [0.4, 0.5) is 0 Å². The fraction of sp³-hybridized carbons (Fsp3) is 0. The number of fused-ring (bicyclic) bond motifs is 1. The van der Waals surface area contributed by atoms with Gasteiger partial charge in [0.1, 0.15) is 0 Å². The van der Waals surface area contributed by atoms with Crippen molar-refractivity contribution in [3.8, 4) is 11.1 Å². The Kier molecular flexibility index (Phi) is 2.00. The van der Waals surface area contributed by atoms with Gasteiger partial charge in [0.25, 0.3) is 0 Å². The van der Waals surface area contributed by atoms with Crippen LogP contribution < -0.4 is 0 Å². The average molecular weight is 210 g/mol. The van der Waals surface area contributed by atoms with Crippen LogP contribution in [0, 0.1) is 6.07 Å². The molecule has 1 nitrogen and oxygen atoms in total. The van der Waals surface area contributed by atoms with Gasteiger partial charge in [0, 0.05) is 28.5 Å². The maximum atomic E-state index is 4.03. The van der Waals surface area contributed by atoms with E-state index in [1.807, 2.05) is 29.9 Å². The zero-order valence-electron chi connectivity index (χ0n) is 7.97. The van der Waals surface area contributed by atoms with E-state index in [1.54, 1.807) is 11.3 Å². The second kappa shape index (κ2) is 3.48. The summed E-state index contributed by atoms with van der Waals surface area (Å²) >= 11 is 1.73. The largest absolute Gasteiger partial charge is 0.265 e. The molecule has 3 rings (SSSR count). The average Bonchev–Trinajstić information content (AvgIpc) is 2.78. The number of hydrogen-bond acceptors (Lipinski definition) is 2. The van der Waals surface area contributed by atoms with Gasteiger partial charge in [-0.3, -0.25) is 4.98 Å². The maximum Gasteiger partial charge on any atom is 0.0427 e. The van der Waals surface area contributed by atoms with Crippen LogP contribution in [0.25, 0.3) is 21.2 Å². The van der Waals surface area contributed by atoms with Gasteiger partial charge in [-0.2, -0.15) is 0 Å². The molecule has 0 saturated heterocycles. The number of pyridine rings is 1. The molecule has 1 radical (unpaired) electrons. The molecule has 0 amide bonds. The van der Waals surface area contributed by atoms with Gasteiger partial charge in [0.2, 0.25) is 0 Å². The van der Waals surface area contributed by atoms with Crippen LogP contribution in [0.5, 0.6) is 0 Å². The molecule has 0 bridgehead atoms. The van der Waals surface area contributed by atoms with Gasteiger partial charge < -0.3 is 0 Å². The second-order valence-corrected chi connectivity index (χ2v) is 4.18. The van der Waals surface area contributed by atoms with Crippen molar-refractivity contribution in [1.82, 2.24) is 4.98 Å². The van der Waals surface area contributed by atoms with E-state index in [9.17, 15) is 0 Å². The highest BCUT2D eigenvalue weighted by molar-refractivity contribution is 7.17. The molecule has 0 aliphatic rings. The Labute approximate surface area is 92.0 Å². The van der Waals surface area contributed by atoms with Crippen LogP contribution in [0.3, 0.4) is 0 Å². The summed E-state index contributed by atoms with van der Waals surface area (Å²) in [4.78, 5) is 4.03. The van der Waals surface area contributed by atoms with Crippen molar-refractivity contribution in [3.05, 3.63) is 54.2 Å². The number of aromatic nitrogens is 1. The number of hydrogen-bond donors (Lipinski definition) is 0. The van der Waals surface area contributed by atoms with Crippen molar-refractivity contribution in [2.75, 3.05) is 0 Å². The highest BCUT2D eigenvalue weighted by atomic mass is 32.1. The molecule has 2 heteroatoms. The van der Waals surface area contributed by atoms with Crippen LogP contribution in [0.15, 0.2) is 48.1 Å². The van der Waals surface area contributed by atoms with Crippen LogP contribution in [-0.4, -0.2) is 4.98 Å². The molecule has 0 aliphatic heterocycles. The molecule has 3 aromatic rings. The van der Waals surface area contributed by atoms with Gasteiger partial charge in [0.05, 0.1) is 0 Å². The van der Waals surface area contributed by atoms with E-state index < -0.39 is 0 Å². The normalized spacial score (nSPS) is 10.7. The third kappa shape index (κ3) is 1.43. The molecule has 0 saturated carbocycles. The second-order valence-electron chi connectivity index (χ2n) is 3.30. The lowest BCUT2D eigenvalue weighted by Crippen LogP contribution is -1.78. The van der Waals surface area contributed by atoms with Gasteiger partial charge in [-0.1, -0.05) is 18.2 Å². The van der Waals surface area contributed by atoms with Crippen molar-refractivity contribution in [1.29, 1.82) is 0 Å². The lowest BCUT2D eigenvalue weighted by molar-refractivity contribution is 1.33. The fourth-order valence-corrected chi connectivity index (χ4v) is 2.56. The van der Waals surface area contributed by atoms with Crippen molar-refractivity contribution in [2.45, 2.75) is 0 Å². The lowest BCUT2D eigenvalue weighted by atomic mass is 10.1. The summed E-state index contributed by atoms with van der Waals surface area (Å²) in [6, 6.07) is 13.6. The quantitative estimate of drug-likeness (QED) is 0.596. The van der Waals surface area contributed by atoms with Gasteiger partial charge in [-0.15, -0.1) is 11.3 Å². The molecular weight excluding hydrogens is 202 g/mol. The highest BCUT2D eigenvalue weighted by Gasteiger charge is 2.03. The molecule has 0 atom stereocenters. The van der Waals surface area contributed by atoms with Crippen LogP contribution in [0.2, 0.25) is 0 Å². The molecule has 71 valence electrons. The Morgan fingerprint density at radius 2 is 1.93 bits per heavy atom. The number of rotatable bonds is 1. The summed E-state index contributed by atoms with van der Waals surface area (Å²) in [5.74, 6) is 0. The zero-order chi connectivity index (χ0) is 10.1. The Morgan fingerprint density at radius 1 is 1.07 bits per heavy atom. The first-order chi connectivity index (χ1) is 7.45. The lowest BCUT2D eigenvalue weighted by Gasteiger charge is -2.01. The van der Waals surface area contributed by atoms with E-state index in [1.165, 1.54) is 21.2 Å². The number of thiophene rings is 1. The monoisotopic (exact) mass is 210 g/mol. The molecule has 0 unspecified atom stereocenters. The molecule has 0 aliphatic carbocycles. The van der Waals surface area contributed by atoms with Crippen LogP contribution in [0.1, 0.15) is 0 Å². The van der Waals surface area contributed by atoms with E-state index in [4.69, 9.17) is 0 Å². The zero-order valence-corrected chi connectivity index (χ0v) is 8.79. The van der Waals surface area contributed by atoms with Gasteiger partial charge in [-0.25, -0.2) is 0 Å². The smallest absolute Gasteiger partial charge is 0.0427 e. The Hall–Kier alpha value is -1.67. The van der Waals surface area contributed by atoms with Crippen molar-refractivity contribution >= 4 is 21.4 Å². The van der Waals surface area contributed by atoms with E-state index in [0.717, 1.165) is 0 Å². The highest BCUT2D eigenvalue weighted by Crippen LogP contribution is 2.31. The molecule has 2 aromatic heterocycles. The fourth-order valence-electron chi connectivity index (χ4n) is 1.69. The van der Waals surface area contributed by atoms with E-state index in [2.05, 4.69) is 29.2 Å². The summed E-state index contributed by atoms with van der Waals surface area (Å²) in [5.41, 5.74) is 2.48. The van der Waals surface area contributed by atoms with Gasteiger partial charge in [0.15, 0.2) is 0 Å². The SMILES string of the molecule is [c]1csc2c(-c3ccncc3)cccc12. The summed E-state index contributed by atoms with van der Waals surface area (Å²) in [7, 11) is 0. The van der Waals surface area contributed by atoms with E-state index in [0.29, 0.717) is 0 Å². The molecule has 15 heavy (non-hydrogen) atoms. The van der Waals surface area contributed by atoms with Crippen molar-refractivity contribution in [2.24, 2.45) is 0 Å². The Bertz CT molecular complexity index is 584. The minimum absolute atomic E-state index is 1.19. The number of nitrogens with zero attached hydrogens (tertiary/aromatic N) is 1. The first kappa shape index (κ1) is 8.62. The molecule has 0 fully saturated rings. The third-order valence-electron chi connectivity index (χ3n) is 2.40. The van der Waals surface area contributed by atoms with E-state index >= 15 is 0 Å². The van der Waals surface area contributed by atoms with Crippen molar-refractivity contribution in [3.63, 3.8) is 0 Å². The Balaban J connectivity index is 2.31. The standard InChI is InChI=1S/C13H8NS/c1-2-11-6-9-15-13(11)12(3-1)10-4-7-14-8-5-10/h1-5,7-9H. The summed E-state index contributed by atoms with van der Waals surface area (Å²) in [6.45, 7) is 0. The number of benzene rings is 1.